The molecule has 0 atom stereocenters. The van der Waals surface area contributed by atoms with Gasteiger partial charge in [-0.2, -0.15) is 0 Å². The molecular formula is C21H22O5. The first-order valence-corrected chi connectivity index (χ1v) is 8.33. The van der Waals surface area contributed by atoms with Gasteiger partial charge >= 0.3 is 0 Å². The van der Waals surface area contributed by atoms with Gasteiger partial charge in [0.1, 0.15) is 5.75 Å². The van der Waals surface area contributed by atoms with Gasteiger partial charge in [0.05, 0.1) is 28.4 Å². The van der Waals surface area contributed by atoms with Gasteiger partial charge in [0.15, 0.2) is 17.3 Å². The molecule has 1 aliphatic carbocycles. The third-order valence-electron chi connectivity index (χ3n) is 4.54. The van der Waals surface area contributed by atoms with Gasteiger partial charge in [-0.25, -0.2) is 0 Å². The van der Waals surface area contributed by atoms with Crippen LogP contribution >= 0.6 is 0 Å². The maximum Gasteiger partial charge on any atom is 0.203 e. The van der Waals surface area contributed by atoms with Crippen LogP contribution in [0, 0.1) is 0 Å². The largest absolute Gasteiger partial charge is 0.497 e. The van der Waals surface area contributed by atoms with E-state index in [2.05, 4.69) is 0 Å². The Bertz CT molecular complexity index is 842. The van der Waals surface area contributed by atoms with Crippen LogP contribution in [0.5, 0.6) is 23.0 Å². The van der Waals surface area contributed by atoms with Gasteiger partial charge in [0.25, 0.3) is 0 Å². The van der Waals surface area contributed by atoms with E-state index in [1.54, 1.807) is 34.5 Å². The van der Waals surface area contributed by atoms with E-state index in [4.69, 9.17) is 18.9 Å². The molecule has 0 heterocycles. The van der Waals surface area contributed by atoms with Gasteiger partial charge in [0, 0.05) is 11.1 Å². The Morgan fingerprint density at radius 1 is 0.846 bits per heavy atom. The second kappa shape index (κ2) is 7.52. The van der Waals surface area contributed by atoms with Crippen LogP contribution < -0.4 is 18.9 Å². The van der Waals surface area contributed by atoms with Crippen LogP contribution in [0.4, 0.5) is 0 Å². The minimum atomic E-state index is 0.0268. The molecule has 2 aromatic rings. The van der Waals surface area contributed by atoms with Gasteiger partial charge < -0.3 is 18.9 Å². The molecule has 0 spiro atoms. The van der Waals surface area contributed by atoms with Gasteiger partial charge in [-0.15, -0.1) is 0 Å². The van der Waals surface area contributed by atoms with E-state index in [0.717, 1.165) is 23.1 Å². The third kappa shape index (κ3) is 3.25. The lowest BCUT2D eigenvalue weighted by Crippen LogP contribution is -2.14. The molecule has 5 heteroatoms. The van der Waals surface area contributed by atoms with Crippen molar-refractivity contribution in [2.45, 2.75) is 12.8 Å². The number of methoxy groups -OCH3 is 4. The monoisotopic (exact) mass is 354 g/mol. The number of fused-ring (bicyclic) bond motifs is 1. The van der Waals surface area contributed by atoms with Crippen LogP contribution in [0.1, 0.15) is 27.9 Å². The lowest BCUT2D eigenvalue weighted by molar-refractivity contribution is 0.102. The normalized spacial score (nSPS) is 14.8. The van der Waals surface area contributed by atoms with E-state index in [9.17, 15) is 4.79 Å². The van der Waals surface area contributed by atoms with E-state index in [-0.39, 0.29) is 5.78 Å². The van der Waals surface area contributed by atoms with Gasteiger partial charge in [-0.05, 0) is 54.3 Å². The van der Waals surface area contributed by atoms with E-state index in [0.29, 0.717) is 35.0 Å². The number of hydrogen-bond donors (Lipinski definition) is 0. The highest BCUT2D eigenvalue weighted by atomic mass is 16.5. The van der Waals surface area contributed by atoms with Crippen molar-refractivity contribution in [1.82, 2.24) is 0 Å². The summed E-state index contributed by atoms with van der Waals surface area (Å²) in [5, 5.41) is 0. The molecule has 0 unspecified atom stereocenters. The Balaban J connectivity index is 2.01. The number of benzene rings is 2. The highest BCUT2D eigenvalue weighted by Crippen LogP contribution is 2.39. The Morgan fingerprint density at radius 2 is 1.54 bits per heavy atom. The minimum Gasteiger partial charge on any atom is -0.497 e. The number of Topliss-reactive ketones (excluding diaryl/α,β-unsaturated/α-hetero) is 1. The molecule has 0 N–H and O–H groups in total. The summed E-state index contributed by atoms with van der Waals surface area (Å²) in [5.41, 5.74) is 3.33. The number of rotatable bonds is 5. The predicted octanol–water partition coefficient (Wildman–Crippen LogP) is 3.93. The highest BCUT2D eigenvalue weighted by Gasteiger charge is 2.23. The Morgan fingerprint density at radius 3 is 2.12 bits per heavy atom. The summed E-state index contributed by atoms with van der Waals surface area (Å²) in [5.74, 6) is 2.36. The van der Waals surface area contributed by atoms with Crippen LogP contribution in [0.2, 0.25) is 0 Å². The molecule has 136 valence electrons. The van der Waals surface area contributed by atoms with Crippen molar-refractivity contribution in [3.05, 3.63) is 52.6 Å². The van der Waals surface area contributed by atoms with Crippen molar-refractivity contribution >= 4 is 11.9 Å². The first-order chi connectivity index (χ1) is 12.6. The summed E-state index contributed by atoms with van der Waals surface area (Å²) >= 11 is 0. The number of allylic oxidation sites excluding steroid dienone is 1. The molecule has 0 aromatic heterocycles. The third-order valence-corrected chi connectivity index (χ3v) is 4.54. The smallest absolute Gasteiger partial charge is 0.203 e. The molecule has 0 amide bonds. The fourth-order valence-corrected chi connectivity index (χ4v) is 3.19. The van der Waals surface area contributed by atoms with Crippen LogP contribution in [-0.4, -0.2) is 34.2 Å². The molecule has 2 aromatic carbocycles. The summed E-state index contributed by atoms with van der Waals surface area (Å²) in [7, 11) is 6.31. The van der Waals surface area contributed by atoms with Gasteiger partial charge in [0.2, 0.25) is 5.75 Å². The van der Waals surface area contributed by atoms with Crippen LogP contribution in [0.25, 0.3) is 6.08 Å². The predicted molar refractivity (Wildman–Crippen MR) is 99.7 cm³/mol. The Kier molecular flexibility index (Phi) is 5.16. The minimum absolute atomic E-state index is 0.0268. The summed E-state index contributed by atoms with van der Waals surface area (Å²) in [6.45, 7) is 0. The van der Waals surface area contributed by atoms with Crippen molar-refractivity contribution in [2.75, 3.05) is 28.4 Å². The van der Waals surface area contributed by atoms with E-state index in [1.165, 1.54) is 0 Å². The molecule has 0 fully saturated rings. The van der Waals surface area contributed by atoms with Crippen molar-refractivity contribution in [3.63, 3.8) is 0 Å². The van der Waals surface area contributed by atoms with Crippen molar-refractivity contribution in [3.8, 4) is 23.0 Å². The first kappa shape index (κ1) is 17.9. The second-order valence-corrected chi connectivity index (χ2v) is 5.98. The maximum absolute atomic E-state index is 12.9. The summed E-state index contributed by atoms with van der Waals surface area (Å²) in [6.07, 6.45) is 3.39. The number of carbonyl (C=O) groups excluding carboxylic acids is 1. The zero-order chi connectivity index (χ0) is 18.7. The van der Waals surface area contributed by atoms with Crippen molar-refractivity contribution in [1.29, 1.82) is 0 Å². The maximum atomic E-state index is 12.9. The number of ketones is 1. The average molecular weight is 354 g/mol. The number of aryl methyl sites for hydroxylation is 1. The van der Waals surface area contributed by atoms with Crippen LogP contribution in [0.15, 0.2) is 35.9 Å². The first-order valence-electron chi connectivity index (χ1n) is 8.33. The summed E-state index contributed by atoms with van der Waals surface area (Å²) in [4.78, 5) is 12.9. The molecule has 0 bridgehead atoms. The molecule has 3 rings (SSSR count). The Hall–Kier alpha value is -2.95. The molecule has 0 aliphatic heterocycles. The van der Waals surface area contributed by atoms with Crippen molar-refractivity contribution in [2.24, 2.45) is 0 Å². The number of carbonyl (C=O) groups is 1. The fourth-order valence-electron chi connectivity index (χ4n) is 3.19. The standard InChI is InChI=1S/C21H22O5/c1-23-16-8-7-14-5-6-15(20(22)17(14)12-16)9-13-10-18(24-2)21(26-4)19(11-13)25-3/h7-12H,5-6H2,1-4H3/b15-9+. The van der Waals surface area contributed by atoms with Gasteiger partial charge in [-0.1, -0.05) is 6.07 Å². The summed E-state index contributed by atoms with van der Waals surface area (Å²) in [6, 6.07) is 9.33. The van der Waals surface area contributed by atoms with Crippen molar-refractivity contribution < 1.29 is 23.7 Å². The zero-order valence-electron chi connectivity index (χ0n) is 15.4. The SMILES string of the molecule is COc1ccc2c(c1)C(=O)/C(=C/c1cc(OC)c(OC)c(OC)c1)CC2. The molecule has 0 saturated carbocycles. The average Bonchev–Trinajstić information content (AvgIpc) is 2.69. The topological polar surface area (TPSA) is 54.0 Å². The second-order valence-electron chi connectivity index (χ2n) is 5.98. The Labute approximate surface area is 153 Å². The quantitative estimate of drug-likeness (QED) is 0.762. The van der Waals surface area contributed by atoms with E-state index in [1.807, 2.05) is 30.3 Å². The molecule has 0 saturated heterocycles. The summed E-state index contributed by atoms with van der Waals surface area (Å²) < 4.78 is 21.4. The van der Waals surface area contributed by atoms with Crippen LogP contribution in [0.3, 0.4) is 0 Å². The van der Waals surface area contributed by atoms with Crippen LogP contribution in [-0.2, 0) is 6.42 Å². The van der Waals surface area contributed by atoms with E-state index >= 15 is 0 Å². The molecule has 0 radical (unpaired) electrons. The fraction of sp³-hybridized carbons (Fsp3) is 0.286. The molecule has 1 aliphatic rings. The number of ether oxygens (including phenoxy) is 4. The number of hydrogen-bond acceptors (Lipinski definition) is 5. The molecular weight excluding hydrogens is 332 g/mol. The lowest BCUT2D eigenvalue weighted by atomic mass is 9.86. The lowest BCUT2D eigenvalue weighted by Gasteiger charge is -2.19. The highest BCUT2D eigenvalue weighted by molar-refractivity contribution is 6.13. The molecule has 26 heavy (non-hydrogen) atoms. The van der Waals surface area contributed by atoms with Gasteiger partial charge in [-0.3, -0.25) is 4.79 Å². The zero-order valence-corrected chi connectivity index (χ0v) is 15.4. The van der Waals surface area contributed by atoms with E-state index < -0.39 is 0 Å². The molecule has 5 nitrogen and oxygen atoms in total.